The Morgan fingerprint density at radius 1 is 1.21 bits per heavy atom. The zero-order valence-electron chi connectivity index (χ0n) is 12.5. The van der Waals surface area contributed by atoms with Gasteiger partial charge < -0.3 is 4.79 Å². The summed E-state index contributed by atoms with van der Waals surface area (Å²) in [5, 5.41) is 0. The molecule has 104 valence electrons. The van der Waals surface area contributed by atoms with Crippen molar-refractivity contribution < 1.29 is 4.79 Å². The van der Waals surface area contributed by atoms with E-state index in [1.54, 1.807) is 6.92 Å². The standard InChI is InChI=1S/C18H26O/c1-4-5-7-10-18(14-13-15(2)19)16(3)17-11-8-6-9-12-17/h6,8-12,16H,4-5,7,13-14H2,1-3H3/b18-10+/t16-/m1/s1. The molecule has 0 saturated heterocycles. The molecule has 1 rings (SSSR count). The lowest BCUT2D eigenvalue weighted by Gasteiger charge is -2.16. The Balaban J connectivity index is 2.76. The maximum Gasteiger partial charge on any atom is 0.130 e. The average Bonchev–Trinajstić information content (AvgIpc) is 2.42. The Morgan fingerprint density at radius 2 is 1.89 bits per heavy atom. The first-order valence-electron chi connectivity index (χ1n) is 7.38. The van der Waals surface area contributed by atoms with Crippen LogP contribution in [0.25, 0.3) is 0 Å². The Bertz CT molecular complexity index is 403. The fraction of sp³-hybridized carbons (Fsp3) is 0.500. The molecule has 0 bridgehead atoms. The summed E-state index contributed by atoms with van der Waals surface area (Å²) in [5.41, 5.74) is 2.75. The molecule has 0 aliphatic carbocycles. The third-order valence-electron chi connectivity index (χ3n) is 3.59. The van der Waals surface area contributed by atoms with Gasteiger partial charge in [0.25, 0.3) is 0 Å². The van der Waals surface area contributed by atoms with Crippen LogP contribution in [0.2, 0.25) is 0 Å². The lowest BCUT2D eigenvalue weighted by molar-refractivity contribution is -0.116. The van der Waals surface area contributed by atoms with Crippen molar-refractivity contribution in [3.8, 4) is 0 Å². The molecule has 0 spiro atoms. The summed E-state index contributed by atoms with van der Waals surface area (Å²) in [6, 6.07) is 10.6. The SMILES string of the molecule is CCCC/C=C(\CCC(C)=O)[C@H](C)c1ccccc1. The van der Waals surface area contributed by atoms with E-state index >= 15 is 0 Å². The van der Waals surface area contributed by atoms with Crippen LogP contribution in [0.3, 0.4) is 0 Å². The molecule has 0 unspecified atom stereocenters. The van der Waals surface area contributed by atoms with Gasteiger partial charge in [-0.05, 0) is 25.3 Å². The topological polar surface area (TPSA) is 17.1 Å². The fourth-order valence-electron chi connectivity index (χ4n) is 2.26. The number of carbonyl (C=O) groups is 1. The maximum atomic E-state index is 11.2. The first kappa shape index (κ1) is 15.7. The van der Waals surface area contributed by atoms with Crippen LogP contribution in [0, 0.1) is 0 Å². The van der Waals surface area contributed by atoms with Gasteiger partial charge in [0.15, 0.2) is 0 Å². The fourth-order valence-corrected chi connectivity index (χ4v) is 2.26. The second-order valence-electron chi connectivity index (χ2n) is 5.26. The molecule has 0 amide bonds. The first-order valence-corrected chi connectivity index (χ1v) is 7.38. The van der Waals surface area contributed by atoms with Crippen molar-refractivity contribution in [3.63, 3.8) is 0 Å². The van der Waals surface area contributed by atoms with Gasteiger partial charge in [-0.2, -0.15) is 0 Å². The molecule has 1 heteroatoms. The Hall–Kier alpha value is -1.37. The summed E-state index contributed by atoms with van der Waals surface area (Å²) in [6.07, 6.45) is 7.48. The zero-order chi connectivity index (χ0) is 14.1. The van der Waals surface area contributed by atoms with Crippen LogP contribution in [0.15, 0.2) is 42.0 Å². The summed E-state index contributed by atoms with van der Waals surface area (Å²) in [7, 11) is 0. The van der Waals surface area contributed by atoms with Crippen molar-refractivity contribution in [1.29, 1.82) is 0 Å². The highest BCUT2D eigenvalue weighted by atomic mass is 16.1. The monoisotopic (exact) mass is 258 g/mol. The van der Waals surface area contributed by atoms with E-state index in [0.717, 1.165) is 12.8 Å². The third kappa shape index (κ3) is 5.87. The molecule has 0 aromatic heterocycles. The van der Waals surface area contributed by atoms with Crippen molar-refractivity contribution in [2.24, 2.45) is 0 Å². The van der Waals surface area contributed by atoms with Gasteiger partial charge in [0.1, 0.15) is 5.78 Å². The highest BCUT2D eigenvalue weighted by molar-refractivity contribution is 5.75. The van der Waals surface area contributed by atoms with Gasteiger partial charge in [-0.3, -0.25) is 0 Å². The number of ketones is 1. The molecule has 0 aliphatic heterocycles. The van der Waals surface area contributed by atoms with E-state index in [1.165, 1.54) is 24.0 Å². The highest BCUT2D eigenvalue weighted by Gasteiger charge is 2.11. The van der Waals surface area contributed by atoms with Crippen molar-refractivity contribution in [2.75, 3.05) is 0 Å². The Morgan fingerprint density at radius 3 is 2.47 bits per heavy atom. The van der Waals surface area contributed by atoms with Gasteiger partial charge in [0.05, 0.1) is 0 Å². The number of unbranched alkanes of at least 4 members (excludes halogenated alkanes) is 2. The summed E-state index contributed by atoms with van der Waals surface area (Å²) < 4.78 is 0. The predicted molar refractivity (Wildman–Crippen MR) is 82.4 cm³/mol. The predicted octanol–water partition coefficient (Wildman–Crippen LogP) is 5.28. The van der Waals surface area contributed by atoms with E-state index < -0.39 is 0 Å². The van der Waals surface area contributed by atoms with Gasteiger partial charge in [-0.15, -0.1) is 0 Å². The summed E-state index contributed by atoms with van der Waals surface area (Å²) in [4.78, 5) is 11.2. The van der Waals surface area contributed by atoms with Crippen LogP contribution in [0.5, 0.6) is 0 Å². The normalized spacial score (nSPS) is 13.3. The molecule has 1 aromatic carbocycles. The van der Waals surface area contributed by atoms with Crippen LogP contribution in [-0.4, -0.2) is 5.78 Å². The summed E-state index contributed by atoms with van der Waals surface area (Å²) >= 11 is 0. The third-order valence-corrected chi connectivity index (χ3v) is 3.59. The van der Waals surface area contributed by atoms with E-state index in [2.05, 4.69) is 44.2 Å². The van der Waals surface area contributed by atoms with Crippen LogP contribution in [0.1, 0.15) is 64.4 Å². The molecule has 0 heterocycles. The number of benzene rings is 1. The molecule has 1 aromatic rings. The average molecular weight is 258 g/mol. The van der Waals surface area contributed by atoms with Gasteiger partial charge in [-0.1, -0.05) is 68.7 Å². The minimum absolute atomic E-state index is 0.279. The van der Waals surface area contributed by atoms with E-state index in [1.807, 2.05) is 6.07 Å². The van der Waals surface area contributed by atoms with Crippen LogP contribution >= 0.6 is 0 Å². The van der Waals surface area contributed by atoms with E-state index in [9.17, 15) is 4.79 Å². The number of allylic oxidation sites excluding steroid dienone is 2. The van der Waals surface area contributed by atoms with Gasteiger partial charge in [-0.25, -0.2) is 0 Å². The second-order valence-corrected chi connectivity index (χ2v) is 5.26. The Kier molecular flexibility index (Phi) is 7.17. The van der Waals surface area contributed by atoms with E-state index in [4.69, 9.17) is 0 Å². The molecule has 1 nitrogen and oxygen atoms in total. The van der Waals surface area contributed by atoms with Crippen molar-refractivity contribution >= 4 is 5.78 Å². The smallest absolute Gasteiger partial charge is 0.130 e. The van der Waals surface area contributed by atoms with Gasteiger partial charge in [0.2, 0.25) is 0 Å². The second kappa shape index (κ2) is 8.68. The number of hydrogen-bond donors (Lipinski definition) is 0. The number of hydrogen-bond acceptors (Lipinski definition) is 1. The molecular formula is C18H26O. The van der Waals surface area contributed by atoms with E-state index in [0.29, 0.717) is 12.3 Å². The van der Waals surface area contributed by atoms with E-state index in [-0.39, 0.29) is 5.78 Å². The first-order chi connectivity index (χ1) is 9.15. The molecule has 0 radical (unpaired) electrons. The van der Waals surface area contributed by atoms with Crippen molar-refractivity contribution in [2.45, 2.75) is 58.8 Å². The van der Waals surface area contributed by atoms with Crippen molar-refractivity contribution in [1.82, 2.24) is 0 Å². The Labute approximate surface area is 117 Å². The van der Waals surface area contributed by atoms with Crippen LogP contribution in [-0.2, 0) is 4.79 Å². The summed E-state index contributed by atoms with van der Waals surface area (Å²) in [6.45, 7) is 6.13. The molecule has 0 fully saturated rings. The van der Waals surface area contributed by atoms with Gasteiger partial charge in [0, 0.05) is 12.3 Å². The van der Waals surface area contributed by atoms with Crippen LogP contribution in [0.4, 0.5) is 0 Å². The quantitative estimate of drug-likeness (QED) is 0.458. The largest absolute Gasteiger partial charge is 0.300 e. The minimum Gasteiger partial charge on any atom is -0.300 e. The molecule has 0 N–H and O–H groups in total. The molecular weight excluding hydrogens is 232 g/mol. The molecule has 1 atom stereocenters. The minimum atomic E-state index is 0.279. The zero-order valence-corrected chi connectivity index (χ0v) is 12.5. The molecule has 0 aliphatic rings. The maximum absolute atomic E-state index is 11.2. The lowest BCUT2D eigenvalue weighted by atomic mass is 9.88. The molecule has 19 heavy (non-hydrogen) atoms. The number of carbonyl (C=O) groups excluding carboxylic acids is 1. The lowest BCUT2D eigenvalue weighted by Crippen LogP contribution is -2.01. The highest BCUT2D eigenvalue weighted by Crippen LogP contribution is 2.27. The summed E-state index contributed by atoms with van der Waals surface area (Å²) in [5.74, 6) is 0.694. The van der Waals surface area contributed by atoms with Gasteiger partial charge >= 0.3 is 0 Å². The number of Topliss-reactive ketones (excluding diaryl/α,β-unsaturated/α-hetero) is 1. The molecule has 0 saturated carbocycles. The number of rotatable bonds is 8. The van der Waals surface area contributed by atoms with Crippen LogP contribution < -0.4 is 0 Å². The van der Waals surface area contributed by atoms with Crippen molar-refractivity contribution in [3.05, 3.63) is 47.5 Å².